The molecule has 1 aliphatic heterocycles. The molecule has 3 heteroatoms. The molecule has 1 N–H and O–H groups in total. The number of halogens is 1. The van der Waals surface area contributed by atoms with E-state index in [1.807, 2.05) is 25.1 Å². The summed E-state index contributed by atoms with van der Waals surface area (Å²) in [4.78, 5) is 4.39. The first-order valence-corrected chi connectivity index (χ1v) is 6.45. The van der Waals surface area contributed by atoms with Crippen molar-refractivity contribution in [2.24, 2.45) is 4.99 Å². The Labute approximate surface area is 116 Å². The Morgan fingerprint density at radius 1 is 1.10 bits per heavy atom. The summed E-state index contributed by atoms with van der Waals surface area (Å²) in [6, 6.07) is 12.1. The molecule has 0 radical (unpaired) electrons. The molecule has 1 heterocycles. The summed E-state index contributed by atoms with van der Waals surface area (Å²) in [5.41, 5.74) is 3.77. The number of hydrogen-bond donors (Lipinski definition) is 1. The fraction of sp³-hybridized carbons (Fsp3) is 0.118. The molecule has 3 rings (SSSR count). The zero-order chi connectivity index (χ0) is 14.1. The maximum absolute atomic E-state index is 13.8. The molecule has 0 aliphatic carbocycles. The van der Waals surface area contributed by atoms with Gasteiger partial charge in [-0.3, -0.25) is 4.99 Å². The molecule has 20 heavy (non-hydrogen) atoms. The van der Waals surface area contributed by atoms with Crippen molar-refractivity contribution in [2.75, 3.05) is 6.54 Å². The standard InChI is InChI=1S/C17H14FNO/c1-11-6-7-14(17(20)8-11)16-9-12(10-19-16)13-4-2-3-5-15(13)18/h2-9,20H,10H2,1H3. The predicted octanol–water partition coefficient (Wildman–Crippen LogP) is 3.73. The Morgan fingerprint density at radius 2 is 1.90 bits per heavy atom. The lowest BCUT2D eigenvalue weighted by atomic mass is 10.0. The summed E-state index contributed by atoms with van der Waals surface area (Å²) < 4.78 is 13.8. The fourth-order valence-electron chi connectivity index (χ4n) is 2.33. The molecular formula is C17H14FNO. The third kappa shape index (κ3) is 2.23. The molecule has 100 valence electrons. The van der Waals surface area contributed by atoms with Crippen molar-refractivity contribution in [3.8, 4) is 5.75 Å². The molecule has 0 atom stereocenters. The van der Waals surface area contributed by atoms with Gasteiger partial charge in [0, 0.05) is 11.1 Å². The monoisotopic (exact) mass is 267 g/mol. The fourth-order valence-corrected chi connectivity index (χ4v) is 2.33. The van der Waals surface area contributed by atoms with Crippen LogP contribution in [-0.2, 0) is 0 Å². The zero-order valence-electron chi connectivity index (χ0n) is 11.1. The van der Waals surface area contributed by atoms with Crippen molar-refractivity contribution in [1.82, 2.24) is 0 Å². The van der Waals surface area contributed by atoms with E-state index in [4.69, 9.17) is 0 Å². The van der Waals surface area contributed by atoms with Gasteiger partial charge in [-0.15, -0.1) is 0 Å². The summed E-state index contributed by atoms with van der Waals surface area (Å²) in [6.07, 6.45) is 1.84. The van der Waals surface area contributed by atoms with Crippen LogP contribution in [0.1, 0.15) is 16.7 Å². The smallest absolute Gasteiger partial charge is 0.130 e. The summed E-state index contributed by atoms with van der Waals surface area (Å²) in [6.45, 7) is 2.35. The van der Waals surface area contributed by atoms with E-state index in [9.17, 15) is 9.50 Å². The number of aryl methyl sites for hydroxylation is 1. The highest BCUT2D eigenvalue weighted by Crippen LogP contribution is 2.27. The van der Waals surface area contributed by atoms with Gasteiger partial charge in [-0.05, 0) is 42.3 Å². The van der Waals surface area contributed by atoms with E-state index >= 15 is 0 Å². The van der Waals surface area contributed by atoms with E-state index in [0.29, 0.717) is 23.4 Å². The minimum absolute atomic E-state index is 0.204. The highest BCUT2D eigenvalue weighted by atomic mass is 19.1. The van der Waals surface area contributed by atoms with E-state index in [2.05, 4.69) is 4.99 Å². The number of aliphatic imine (C=N–C) groups is 1. The van der Waals surface area contributed by atoms with Crippen molar-refractivity contribution < 1.29 is 9.50 Å². The van der Waals surface area contributed by atoms with Crippen LogP contribution in [-0.4, -0.2) is 17.4 Å². The predicted molar refractivity (Wildman–Crippen MR) is 78.6 cm³/mol. The van der Waals surface area contributed by atoms with Gasteiger partial charge in [0.05, 0.1) is 12.3 Å². The van der Waals surface area contributed by atoms with E-state index in [1.165, 1.54) is 6.07 Å². The van der Waals surface area contributed by atoms with Crippen LogP contribution < -0.4 is 0 Å². The molecule has 0 saturated heterocycles. The van der Waals surface area contributed by atoms with Crippen LogP contribution in [0.4, 0.5) is 4.39 Å². The second-order valence-corrected chi connectivity index (χ2v) is 4.87. The Bertz CT molecular complexity index is 732. The van der Waals surface area contributed by atoms with Crippen LogP contribution in [0.15, 0.2) is 53.5 Å². The molecule has 0 bridgehead atoms. The Kier molecular flexibility index (Phi) is 3.11. The lowest BCUT2D eigenvalue weighted by Gasteiger charge is -2.03. The number of hydrogen-bond acceptors (Lipinski definition) is 2. The average molecular weight is 267 g/mol. The Balaban J connectivity index is 1.97. The molecule has 0 aromatic heterocycles. The number of phenolic OH excluding ortho intramolecular Hbond substituents is 1. The largest absolute Gasteiger partial charge is 0.507 e. The van der Waals surface area contributed by atoms with Gasteiger partial charge in [0.1, 0.15) is 11.6 Å². The van der Waals surface area contributed by atoms with E-state index in [0.717, 1.165) is 11.1 Å². The Morgan fingerprint density at radius 3 is 2.65 bits per heavy atom. The lowest BCUT2D eigenvalue weighted by molar-refractivity contribution is 0.474. The quantitative estimate of drug-likeness (QED) is 0.883. The summed E-state index contributed by atoms with van der Waals surface area (Å²) in [5.74, 6) is -0.0434. The van der Waals surface area contributed by atoms with Crippen molar-refractivity contribution in [3.05, 3.63) is 71.0 Å². The van der Waals surface area contributed by atoms with Gasteiger partial charge in [0.2, 0.25) is 0 Å². The Hall–Kier alpha value is -2.42. The van der Waals surface area contributed by atoms with Crippen LogP contribution in [0.5, 0.6) is 5.75 Å². The minimum Gasteiger partial charge on any atom is -0.507 e. The molecule has 2 aromatic rings. The molecule has 2 nitrogen and oxygen atoms in total. The summed E-state index contributed by atoms with van der Waals surface area (Å²) in [5, 5.41) is 9.98. The van der Waals surface area contributed by atoms with Crippen LogP contribution in [0.25, 0.3) is 5.57 Å². The molecule has 0 spiro atoms. The number of phenols is 1. The van der Waals surface area contributed by atoms with Crippen LogP contribution >= 0.6 is 0 Å². The first-order chi connectivity index (χ1) is 9.65. The molecule has 2 aromatic carbocycles. The van der Waals surface area contributed by atoms with Gasteiger partial charge in [0.15, 0.2) is 0 Å². The van der Waals surface area contributed by atoms with Crippen molar-refractivity contribution in [3.63, 3.8) is 0 Å². The van der Waals surface area contributed by atoms with Gasteiger partial charge in [-0.2, -0.15) is 0 Å². The molecule has 1 aliphatic rings. The third-order valence-corrected chi connectivity index (χ3v) is 3.38. The van der Waals surface area contributed by atoms with Crippen molar-refractivity contribution in [1.29, 1.82) is 0 Å². The maximum atomic E-state index is 13.8. The molecular weight excluding hydrogens is 253 g/mol. The van der Waals surface area contributed by atoms with Crippen molar-refractivity contribution >= 4 is 11.3 Å². The van der Waals surface area contributed by atoms with Gasteiger partial charge in [-0.1, -0.05) is 24.3 Å². The maximum Gasteiger partial charge on any atom is 0.130 e. The SMILES string of the molecule is Cc1ccc(C2=NCC(c3ccccc3F)=C2)c(O)c1. The molecule has 0 saturated carbocycles. The van der Waals surface area contributed by atoms with Crippen molar-refractivity contribution in [2.45, 2.75) is 6.92 Å². The highest BCUT2D eigenvalue weighted by molar-refractivity contribution is 6.16. The first kappa shape index (κ1) is 12.6. The minimum atomic E-state index is -0.247. The van der Waals surface area contributed by atoms with Gasteiger partial charge in [0.25, 0.3) is 0 Å². The topological polar surface area (TPSA) is 32.6 Å². The number of benzene rings is 2. The van der Waals surface area contributed by atoms with Crippen LogP contribution in [0.3, 0.4) is 0 Å². The van der Waals surface area contributed by atoms with E-state index in [1.54, 1.807) is 24.3 Å². The van der Waals surface area contributed by atoms with Gasteiger partial charge in [-0.25, -0.2) is 4.39 Å². The molecule has 0 fully saturated rings. The third-order valence-electron chi connectivity index (χ3n) is 3.38. The van der Waals surface area contributed by atoms with Crippen LogP contribution in [0.2, 0.25) is 0 Å². The molecule has 0 amide bonds. The van der Waals surface area contributed by atoms with E-state index in [-0.39, 0.29) is 11.6 Å². The second kappa shape index (κ2) is 4.93. The zero-order valence-corrected chi connectivity index (χ0v) is 11.1. The number of allylic oxidation sites excluding steroid dienone is 1. The molecule has 0 unspecified atom stereocenters. The van der Waals surface area contributed by atoms with Gasteiger partial charge >= 0.3 is 0 Å². The lowest BCUT2D eigenvalue weighted by Crippen LogP contribution is -1.95. The normalized spacial score (nSPS) is 14.1. The number of nitrogens with zero attached hydrogens (tertiary/aromatic N) is 1. The first-order valence-electron chi connectivity index (χ1n) is 6.45. The number of rotatable bonds is 2. The average Bonchev–Trinajstić information content (AvgIpc) is 2.88. The number of aromatic hydroxyl groups is 1. The summed E-state index contributed by atoms with van der Waals surface area (Å²) >= 11 is 0. The summed E-state index contributed by atoms with van der Waals surface area (Å²) in [7, 11) is 0. The highest BCUT2D eigenvalue weighted by Gasteiger charge is 2.16. The van der Waals surface area contributed by atoms with E-state index < -0.39 is 0 Å². The second-order valence-electron chi connectivity index (χ2n) is 4.87. The van der Waals surface area contributed by atoms with Gasteiger partial charge < -0.3 is 5.11 Å². The van der Waals surface area contributed by atoms with Crippen LogP contribution in [0, 0.1) is 12.7 Å².